The summed E-state index contributed by atoms with van der Waals surface area (Å²) in [5.41, 5.74) is 1.14. The lowest BCUT2D eigenvalue weighted by atomic mass is 10.1. The monoisotopic (exact) mass is 375 g/mol. The van der Waals surface area contributed by atoms with E-state index in [9.17, 15) is 14.0 Å². The van der Waals surface area contributed by atoms with Crippen molar-refractivity contribution in [2.24, 2.45) is 0 Å². The van der Waals surface area contributed by atoms with Gasteiger partial charge in [0.1, 0.15) is 11.5 Å². The number of rotatable bonds is 5. The van der Waals surface area contributed by atoms with Gasteiger partial charge < -0.3 is 20.9 Å². The van der Waals surface area contributed by atoms with Gasteiger partial charge >= 0.3 is 6.03 Å². The topological polar surface area (TPSA) is 104 Å². The lowest BCUT2D eigenvalue weighted by molar-refractivity contribution is -0.122. The first-order chi connectivity index (χ1) is 13.0. The zero-order chi connectivity index (χ0) is 19.4. The minimum Gasteiger partial charge on any atom is -0.358 e. The van der Waals surface area contributed by atoms with Gasteiger partial charge in [-0.25, -0.2) is 13.9 Å². The van der Waals surface area contributed by atoms with Crippen molar-refractivity contribution in [1.29, 1.82) is 0 Å². The van der Waals surface area contributed by atoms with Crippen LogP contribution in [0.4, 0.5) is 14.9 Å². The Kier molecular flexibility index (Phi) is 5.65. The molecular formula is C17H22FN7O2. The van der Waals surface area contributed by atoms with Crippen molar-refractivity contribution in [2.75, 3.05) is 26.0 Å². The van der Waals surface area contributed by atoms with Crippen molar-refractivity contribution in [2.45, 2.75) is 25.0 Å². The number of hydrogen-bond donors (Lipinski definition) is 3. The maximum atomic E-state index is 12.9. The number of nitrogens with zero attached hydrogens (tertiary/aromatic N) is 4. The Labute approximate surface area is 155 Å². The fourth-order valence-corrected chi connectivity index (χ4v) is 2.92. The number of benzene rings is 1. The molecule has 2 atom stereocenters. The Hall–Kier alpha value is -3.01. The molecule has 9 nitrogen and oxygen atoms in total. The quantitative estimate of drug-likeness (QED) is 0.715. The molecule has 0 bridgehead atoms. The Balaban J connectivity index is 1.54. The normalized spacial score (nSPS) is 18.9. The van der Waals surface area contributed by atoms with Gasteiger partial charge in [-0.3, -0.25) is 4.79 Å². The first-order valence-electron chi connectivity index (χ1n) is 8.59. The van der Waals surface area contributed by atoms with E-state index in [2.05, 4.69) is 26.3 Å². The van der Waals surface area contributed by atoms with Gasteiger partial charge in [0.25, 0.3) is 0 Å². The molecule has 0 radical (unpaired) electrons. The third-order valence-electron chi connectivity index (χ3n) is 4.44. The highest BCUT2D eigenvalue weighted by Crippen LogP contribution is 2.19. The fraction of sp³-hybridized carbons (Fsp3) is 0.412. The van der Waals surface area contributed by atoms with E-state index >= 15 is 0 Å². The number of anilines is 1. The molecule has 2 aromatic rings. The van der Waals surface area contributed by atoms with Crippen LogP contribution in [-0.2, 0) is 11.3 Å². The number of carbonyl (C=O) groups excluding carboxylic acids is 2. The van der Waals surface area contributed by atoms with Gasteiger partial charge in [0, 0.05) is 26.3 Å². The predicted octanol–water partition coefficient (Wildman–Crippen LogP) is 0.730. The van der Waals surface area contributed by atoms with Gasteiger partial charge in [0.05, 0.1) is 24.8 Å². The van der Waals surface area contributed by atoms with Crippen molar-refractivity contribution < 1.29 is 14.0 Å². The maximum Gasteiger partial charge on any atom is 0.321 e. The largest absolute Gasteiger partial charge is 0.358 e. The fourth-order valence-electron chi connectivity index (χ4n) is 2.92. The summed E-state index contributed by atoms with van der Waals surface area (Å²) in [6.07, 6.45) is 2.41. The van der Waals surface area contributed by atoms with E-state index < -0.39 is 0 Å². The van der Waals surface area contributed by atoms with E-state index in [-0.39, 0.29) is 36.4 Å². The van der Waals surface area contributed by atoms with Crippen molar-refractivity contribution in [3.8, 4) is 0 Å². The molecule has 1 aliphatic rings. The number of aromatic nitrogens is 3. The molecule has 1 saturated heterocycles. The molecule has 2 heterocycles. The summed E-state index contributed by atoms with van der Waals surface area (Å²) in [4.78, 5) is 25.4. The molecule has 0 unspecified atom stereocenters. The Morgan fingerprint density at radius 3 is 2.81 bits per heavy atom. The van der Waals surface area contributed by atoms with Crippen LogP contribution in [0.25, 0.3) is 0 Å². The summed E-state index contributed by atoms with van der Waals surface area (Å²) in [6, 6.07) is 5.01. The summed E-state index contributed by atoms with van der Waals surface area (Å²) in [6.45, 7) is 0.897. The molecular weight excluding hydrogens is 353 g/mol. The zero-order valence-corrected chi connectivity index (χ0v) is 15.1. The second-order valence-electron chi connectivity index (χ2n) is 6.45. The zero-order valence-electron chi connectivity index (χ0n) is 15.1. The molecule has 27 heavy (non-hydrogen) atoms. The molecule has 0 spiro atoms. The van der Waals surface area contributed by atoms with Crippen molar-refractivity contribution in [3.05, 3.63) is 42.0 Å². The van der Waals surface area contributed by atoms with E-state index in [1.165, 1.54) is 29.2 Å². The lowest BCUT2D eigenvalue weighted by Crippen LogP contribution is -2.38. The SMILES string of the molecule is CNC(=O)[C@@H]1C[C@@H](n2cc(CN(C)C(=O)Nc3ccc(F)cc3)nn2)CN1. The highest BCUT2D eigenvalue weighted by Gasteiger charge is 2.30. The van der Waals surface area contributed by atoms with Crippen LogP contribution in [0.1, 0.15) is 18.2 Å². The third kappa shape index (κ3) is 4.59. The molecule has 3 amide bonds. The maximum absolute atomic E-state index is 12.9. The molecule has 1 aromatic carbocycles. The standard InChI is InChI=1S/C17H22FN7O2/c1-19-16(26)15-7-14(8-20-15)25-10-13(22-23-25)9-24(2)17(27)21-12-5-3-11(18)4-6-12/h3-6,10,14-15,20H,7-9H2,1-2H3,(H,19,26)(H,21,27)/t14-,15+/m1/s1. The van der Waals surface area contributed by atoms with Crippen molar-refractivity contribution in [1.82, 2.24) is 30.5 Å². The van der Waals surface area contributed by atoms with Crippen molar-refractivity contribution >= 4 is 17.6 Å². The van der Waals surface area contributed by atoms with E-state index in [0.29, 0.717) is 24.3 Å². The van der Waals surface area contributed by atoms with Gasteiger partial charge in [0.2, 0.25) is 5.91 Å². The smallest absolute Gasteiger partial charge is 0.321 e. The number of likely N-dealkylation sites (N-methyl/N-ethyl adjacent to an activating group) is 1. The number of nitrogens with one attached hydrogen (secondary N) is 3. The minimum atomic E-state index is -0.363. The number of halogens is 1. The first-order valence-corrected chi connectivity index (χ1v) is 8.59. The molecule has 1 fully saturated rings. The molecule has 10 heteroatoms. The van der Waals surface area contributed by atoms with Gasteiger partial charge in [-0.15, -0.1) is 5.10 Å². The summed E-state index contributed by atoms with van der Waals surface area (Å²) < 4.78 is 14.6. The van der Waals surface area contributed by atoms with E-state index in [4.69, 9.17) is 0 Å². The van der Waals surface area contributed by atoms with Crippen LogP contribution in [-0.4, -0.2) is 58.5 Å². The second-order valence-corrected chi connectivity index (χ2v) is 6.45. The molecule has 1 aliphatic heterocycles. The number of urea groups is 1. The van der Waals surface area contributed by atoms with E-state index in [1.54, 1.807) is 25.0 Å². The third-order valence-corrected chi connectivity index (χ3v) is 4.44. The Bertz CT molecular complexity index is 808. The number of carbonyl (C=O) groups is 2. The molecule has 0 saturated carbocycles. The van der Waals surface area contributed by atoms with Gasteiger partial charge in [-0.2, -0.15) is 0 Å². The lowest BCUT2D eigenvalue weighted by Gasteiger charge is -2.16. The number of amides is 3. The summed E-state index contributed by atoms with van der Waals surface area (Å²) in [5, 5.41) is 16.7. The molecule has 144 valence electrons. The predicted molar refractivity (Wildman–Crippen MR) is 96.4 cm³/mol. The molecule has 0 aliphatic carbocycles. The molecule has 3 N–H and O–H groups in total. The summed E-state index contributed by atoms with van der Waals surface area (Å²) >= 11 is 0. The van der Waals surface area contributed by atoms with Crippen LogP contribution in [0, 0.1) is 5.82 Å². The van der Waals surface area contributed by atoms with Crippen LogP contribution in [0.3, 0.4) is 0 Å². The van der Waals surface area contributed by atoms with E-state index in [0.717, 1.165) is 0 Å². The Morgan fingerprint density at radius 2 is 2.11 bits per heavy atom. The summed E-state index contributed by atoms with van der Waals surface area (Å²) in [5.74, 6) is -0.409. The Morgan fingerprint density at radius 1 is 1.37 bits per heavy atom. The van der Waals surface area contributed by atoms with Crippen LogP contribution < -0.4 is 16.0 Å². The molecule has 1 aromatic heterocycles. The van der Waals surface area contributed by atoms with Gasteiger partial charge in [-0.05, 0) is 30.7 Å². The van der Waals surface area contributed by atoms with Gasteiger partial charge in [-0.1, -0.05) is 5.21 Å². The van der Waals surface area contributed by atoms with Crippen LogP contribution in [0.15, 0.2) is 30.5 Å². The van der Waals surface area contributed by atoms with Crippen LogP contribution in [0.5, 0.6) is 0 Å². The summed E-state index contributed by atoms with van der Waals surface area (Å²) in [7, 11) is 3.24. The van der Waals surface area contributed by atoms with Crippen molar-refractivity contribution in [3.63, 3.8) is 0 Å². The first kappa shape index (κ1) is 18.8. The highest BCUT2D eigenvalue weighted by atomic mass is 19.1. The number of hydrogen-bond acceptors (Lipinski definition) is 5. The molecule has 3 rings (SSSR count). The highest BCUT2D eigenvalue weighted by molar-refractivity contribution is 5.89. The minimum absolute atomic E-state index is 0.0342. The second kappa shape index (κ2) is 8.12. The van der Waals surface area contributed by atoms with Gasteiger partial charge in [0.15, 0.2) is 0 Å². The average Bonchev–Trinajstić information content (AvgIpc) is 3.32. The van der Waals surface area contributed by atoms with Crippen LogP contribution in [0.2, 0.25) is 0 Å². The average molecular weight is 375 g/mol. The van der Waals surface area contributed by atoms with Crippen LogP contribution >= 0.6 is 0 Å². The van der Waals surface area contributed by atoms with E-state index in [1.807, 2.05) is 0 Å².